The highest BCUT2D eigenvalue weighted by molar-refractivity contribution is 6.31. The molecular weight excluding hydrogens is 260 g/mol. The molecule has 0 radical (unpaired) electrons. The fourth-order valence-corrected chi connectivity index (χ4v) is 2.59. The van der Waals surface area contributed by atoms with Crippen molar-refractivity contribution in [1.29, 1.82) is 0 Å². The van der Waals surface area contributed by atoms with Gasteiger partial charge in [-0.1, -0.05) is 17.7 Å². The van der Waals surface area contributed by atoms with Gasteiger partial charge in [0.2, 0.25) is 0 Å². The Bertz CT molecular complexity index is 536. The molecule has 104 valence electrons. The number of hydrogen-bond acceptors (Lipinski definition) is 2. The molecule has 2 aromatic rings. The third kappa shape index (κ3) is 3.50. The third-order valence-electron chi connectivity index (χ3n) is 3.35. The minimum atomic E-state index is 0.281. The van der Waals surface area contributed by atoms with Crippen LogP contribution in [0.1, 0.15) is 24.8 Å². The lowest BCUT2D eigenvalue weighted by atomic mass is 10.2. The van der Waals surface area contributed by atoms with E-state index in [0.717, 1.165) is 37.4 Å². The number of halogens is 1. The molecular formula is C15H21ClN2O. The molecule has 0 amide bonds. The Morgan fingerprint density at radius 1 is 1.26 bits per heavy atom. The fraction of sp³-hybridized carbons (Fsp3) is 0.467. The van der Waals surface area contributed by atoms with Gasteiger partial charge in [0.1, 0.15) is 0 Å². The average molecular weight is 281 g/mol. The highest BCUT2D eigenvalue weighted by Gasteiger charge is 2.08. The van der Waals surface area contributed by atoms with Crippen molar-refractivity contribution in [1.82, 2.24) is 9.88 Å². The number of aliphatic hydroxyl groups excluding tert-OH is 1. The number of unbranched alkanes of at least 4 members (excludes halogenated alkanes) is 2. The highest BCUT2D eigenvalue weighted by Crippen LogP contribution is 2.25. The zero-order chi connectivity index (χ0) is 13.7. The van der Waals surface area contributed by atoms with E-state index in [2.05, 4.69) is 22.1 Å². The first-order chi connectivity index (χ1) is 9.26. The van der Waals surface area contributed by atoms with Crippen LogP contribution in [0.5, 0.6) is 0 Å². The van der Waals surface area contributed by atoms with Crippen molar-refractivity contribution in [2.75, 3.05) is 13.7 Å². The molecule has 19 heavy (non-hydrogen) atoms. The summed E-state index contributed by atoms with van der Waals surface area (Å²) in [6, 6.07) is 6.07. The molecule has 0 fully saturated rings. The van der Waals surface area contributed by atoms with Crippen LogP contribution in [0.3, 0.4) is 0 Å². The number of aliphatic hydroxyl groups is 1. The second-order valence-corrected chi connectivity index (χ2v) is 5.26. The molecule has 0 atom stereocenters. The molecule has 1 heterocycles. The van der Waals surface area contributed by atoms with Crippen LogP contribution in [0.2, 0.25) is 5.02 Å². The van der Waals surface area contributed by atoms with E-state index >= 15 is 0 Å². The van der Waals surface area contributed by atoms with Crippen molar-refractivity contribution in [2.45, 2.75) is 32.4 Å². The third-order valence-corrected chi connectivity index (χ3v) is 3.59. The minimum absolute atomic E-state index is 0.281. The van der Waals surface area contributed by atoms with Gasteiger partial charge in [-0.2, -0.15) is 0 Å². The summed E-state index contributed by atoms with van der Waals surface area (Å²) in [5.74, 6) is 0. The van der Waals surface area contributed by atoms with Crippen LogP contribution >= 0.6 is 11.6 Å². The summed E-state index contributed by atoms with van der Waals surface area (Å²) in [5.41, 5.74) is 2.50. The van der Waals surface area contributed by atoms with Crippen molar-refractivity contribution < 1.29 is 5.11 Å². The van der Waals surface area contributed by atoms with E-state index in [9.17, 15) is 0 Å². The zero-order valence-electron chi connectivity index (χ0n) is 11.3. The van der Waals surface area contributed by atoms with E-state index in [0.29, 0.717) is 0 Å². The molecule has 2 N–H and O–H groups in total. The Hall–Kier alpha value is -1.03. The summed E-state index contributed by atoms with van der Waals surface area (Å²) < 4.78 is 2.27. The Morgan fingerprint density at radius 2 is 2.11 bits per heavy atom. The van der Waals surface area contributed by atoms with Crippen LogP contribution in [0, 0.1) is 0 Å². The van der Waals surface area contributed by atoms with Gasteiger partial charge in [-0.3, -0.25) is 0 Å². The standard InChI is InChI=1S/C15H21ClN2O/c1-17-10-12-11-18(7-3-2-4-8-19)15-9-13(16)5-6-14(12)15/h5-6,9,11,17,19H,2-4,7-8,10H2,1H3. The number of aryl methyl sites for hydroxylation is 1. The second kappa shape index (κ2) is 6.94. The van der Waals surface area contributed by atoms with Gasteiger partial charge in [0.25, 0.3) is 0 Å². The van der Waals surface area contributed by atoms with E-state index in [1.165, 1.54) is 16.5 Å². The average Bonchev–Trinajstić information content (AvgIpc) is 2.73. The molecule has 0 bridgehead atoms. The quantitative estimate of drug-likeness (QED) is 0.765. The Balaban J connectivity index is 2.23. The van der Waals surface area contributed by atoms with Gasteiger partial charge in [-0.15, -0.1) is 0 Å². The molecule has 0 unspecified atom stereocenters. The first kappa shape index (κ1) is 14.4. The number of nitrogens with zero attached hydrogens (tertiary/aromatic N) is 1. The highest BCUT2D eigenvalue weighted by atomic mass is 35.5. The van der Waals surface area contributed by atoms with E-state index in [-0.39, 0.29) is 6.61 Å². The number of benzene rings is 1. The minimum Gasteiger partial charge on any atom is -0.396 e. The summed E-state index contributed by atoms with van der Waals surface area (Å²) in [7, 11) is 1.96. The molecule has 0 aliphatic heterocycles. The number of nitrogens with one attached hydrogen (secondary N) is 1. The van der Waals surface area contributed by atoms with Crippen molar-refractivity contribution >= 4 is 22.5 Å². The SMILES string of the molecule is CNCc1cn(CCCCCO)c2cc(Cl)ccc12. The van der Waals surface area contributed by atoms with Gasteiger partial charge < -0.3 is 15.0 Å². The number of rotatable bonds is 7. The summed E-state index contributed by atoms with van der Waals surface area (Å²) in [5, 5.41) is 14.1. The van der Waals surface area contributed by atoms with Crippen molar-refractivity contribution in [3.05, 3.63) is 35.0 Å². The topological polar surface area (TPSA) is 37.2 Å². The number of aromatic nitrogens is 1. The lowest BCUT2D eigenvalue weighted by Gasteiger charge is -2.05. The molecule has 3 nitrogen and oxygen atoms in total. The van der Waals surface area contributed by atoms with Crippen LogP contribution < -0.4 is 5.32 Å². The Labute approximate surface area is 119 Å². The maximum atomic E-state index is 8.81. The van der Waals surface area contributed by atoms with Crippen LogP contribution in [0.4, 0.5) is 0 Å². The van der Waals surface area contributed by atoms with Crippen LogP contribution in [-0.2, 0) is 13.1 Å². The Kier molecular flexibility index (Phi) is 5.25. The van der Waals surface area contributed by atoms with Crippen molar-refractivity contribution in [3.63, 3.8) is 0 Å². The normalized spacial score (nSPS) is 11.3. The smallest absolute Gasteiger partial charge is 0.0498 e. The van der Waals surface area contributed by atoms with Gasteiger partial charge in [0.15, 0.2) is 0 Å². The molecule has 0 saturated heterocycles. The van der Waals surface area contributed by atoms with Gasteiger partial charge in [0, 0.05) is 41.8 Å². The van der Waals surface area contributed by atoms with Crippen molar-refractivity contribution in [2.24, 2.45) is 0 Å². The van der Waals surface area contributed by atoms with E-state index in [1.54, 1.807) is 0 Å². The van der Waals surface area contributed by atoms with Crippen LogP contribution in [0.15, 0.2) is 24.4 Å². The molecule has 0 saturated carbocycles. The molecule has 0 aliphatic carbocycles. The van der Waals surface area contributed by atoms with Crippen LogP contribution in [-0.4, -0.2) is 23.3 Å². The molecule has 0 spiro atoms. The molecule has 1 aromatic carbocycles. The number of hydrogen-bond donors (Lipinski definition) is 2. The van der Waals surface area contributed by atoms with Gasteiger partial charge >= 0.3 is 0 Å². The largest absolute Gasteiger partial charge is 0.396 e. The summed E-state index contributed by atoms with van der Waals surface area (Å²) >= 11 is 6.10. The van der Waals surface area contributed by atoms with Gasteiger partial charge in [-0.05, 0) is 44.0 Å². The Morgan fingerprint density at radius 3 is 2.84 bits per heavy atom. The maximum Gasteiger partial charge on any atom is 0.0498 e. The van der Waals surface area contributed by atoms with Crippen LogP contribution in [0.25, 0.3) is 10.9 Å². The lowest BCUT2D eigenvalue weighted by molar-refractivity contribution is 0.282. The lowest BCUT2D eigenvalue weighted by Crippen LogP contribution is -2.04. The first-order valence-corrected chi connectivity index (χ1v) is 7.17. The summed E-state index contributed by atoms with van der Waals surface area (Å²) in [4.78, 5) is 0. The van der Waals surface area contributed by atoms with E-state index < -0.39 is 0 Å². The molecule has 2 rings (SSSR count). The number of fused-ring (bicyclic) bond motifs is 1. The maximum absolute atomic E-state index is 8.81. The monoisotopic (exact) mass is 280 g/mol. The second-order valence-electron chi connectivity index (χ2n) is 4.82. The predicted molar refractivity (Wildman–Crippen MR) is 80.6 cm³/mol. The molecule has 0 aliphatic rings. The van der Waals surface area contributed by atoms with Crippen molar-refractivity contribution in [3.8, 4) is 0 Å². The first-order valence-electron chi connectivity index (χ1n) is 6.79. The predicted octanol–water partition coefficient (Wildman–Crippen LogP) is 3.18. The fourth-order valence-electron chi connectivity index (χ4n) is 2.43. The van der Waals surface area contributed by atoms with E-state index in [4.69, 9.17) is 16.7 Å². The molecule has 4 heteroatoms. The van der Waals surface area contributed by atoms with Gasteiger partial charge in [0.05, 0.1) is 0 Å². The molecule has 1 aromatic heterocycles. The van der Waals surface area contributed by atoms with E-state index in [1.807, 2.05) is 19.2 Å². The van der Waals surface area contributed by atoms with Gasteiger partial charge in [-0.25, -0.2) is 0 Å². The summed E-state index contributed by atoms with van der Waals surface area (Å²) in [6.07, 6.45) is 5.22. The zero-order valence-corrected chi connectivity index (χ0v) is 12.1. The summed E-state index contributed by atoms with van der Waals surface area (Å²) in [6.45, 7) is 2.12.